The number of hydrogen-bond donors (Lipinski definition) is 3. The molecule has 0 aliphatic heterocycles. The summed E-state index contributed by atoms with van der Waals surface area (Å²) in [6.45, 7) is 3.56. The Balaban J connectivity index is 1.43. The van der Waals surface area contributed by atoms with Gasteiger partial charge >= 0.3 is 0 Å². The van der Waals surface area contributed by atoms with Crippen molar-refractivity contribution in [2.75, 3.05) is 18.9 Å². The van der Waals surface area contributed by atoms with Gasteiger partial charge in [-0.05, 0) is 62.1 Å². The number of carbonyl (C=O) groups is 1. The van der Waals surface area contributed by atoms with Crippen molar-refractivity contribution >= 4 is 22.6 Å². The van der Waals surface area contributed by atoms with Gasteiger partial charge in [0, 0.05) is 18.8 Å². The first-order valence-electron chi connectivity index (χ1n) is 11.2. The average molecular weight is 444 g/mol. The van der Waals surface area contributed by atoms with Crippen LogP contribution in [0.3, 0.4) is 0 Å². The highest BCUT2D eigenvalue weighted by atomic mass is 16.5. The van der Waals surface area contributed by atoms with E-state index in [9.17, 15) is 4.79 Å². The van der Waals surface area contributed by atoms with Gasteiger partial charge in [0.25, 0.3) is 5.91 Å². The summed E-state index contributed by atoms with van der Waals surface area (Å²) < 4.78 is 5.42. The van der Waals surface area contributed by atoms with Crippen molar-refractivity contribution in [3.63, 3.8) is 0 Å². The third-order valence-corrected chi connectivity index (χ3v) is 5.85. The molecule has 1 aliphatic carbocycles. The van der Waals surface area contributed by atoms with Crippen LogP contribution < -0.4 is 15.8 Å². The molecule has 4 N–H and O–H groups in total. The third kappa shape index (κ3) is 5.12. The molecular weight excluding hydrogens is 414 g/mol. The number of nitrogen functional groups attached to an aromatic ring is 1. The number of nitrogens with one attached hydrogen (secondary N) is 2. The molecule has 7 heteroatoms. The number of aromatic amines is 1. The van der Waals surface area contributed by atoms with Crippen molar-refractivity contribution < 1.29 is 9.53 Å². The van der Waals surface area contributed by atoms with E-state index < -0.39 is 0 Å². The molecule has 170 valence electrons. The zero-order chi connectivity index (χ0) is 23.2. The van der Waals surface area contributed by atoms with Crippen LogP contribution in [-0.4, -0.2) is 40.0 Å². The first kappa shape index (κ1) is 22.3. The minimum absolute atomic E-state index is 0.0175. The SMILES string of the molecule is C#CCOc1ccc(CNC2=C[C@@H](N(CC)C(=O)c3nc4c(N)cccc4[nH]3)CCC2)cc1. The smallest absolute Gasteiger partial charge is 0.290 e. The van der Waals surface area contributed by atoms with E-state index in [-0.39, 0.29) is 18.6 Å². The van der Waals surface area contributed by atoms with Gasteiger partial charge in [-0.25, -0.2) is 4.98 Å². The number of fused-ring (bicyclic) bond motifs is 1. The Morgan fingerprint density at radius 1 is 1.33 bits per heavy atom. The van der Waals surface area contributed by atoms with Gasteiger partial charge in [-0.3, -0.25) is 4.79 Å². The number of hydrogen-bond acceptors (Lipinski definition) is 5. The van der Waals surface area contributed by atoms with Crippen LogP contribution in [0.4, 0.5) is 5.69 Å². The maximum Gasteiger partial charge on any atom is 0.290 e. The molecule has 1 aliphatic rings. The van der Waals surface area contributed by atoms with Crippen molar-refractivity contribution in [1.82, 2.24) is 20.2 Å². The summed E-state index contributed by atoms with van der Waals surface area (Å²) in [5.74, 6) is 3.44. The van der Waals surface area contributed by atoms with E-state index >= 15 is 0 Å². The normalized spacial score (nSPS) is 15.5. The number of aromatic nitrogens is 2. The highest BCUT2D eigenvalue weighted by Gasteiger charge is 2.26. The molecule has 1 aromatic heterocycles. The number of imidazole rings is 1. The largest absolute Gasteiger partial charge is 0.481 e. The number of rotatable bonds is 8. The molecule has 0 bridgehead atoms. The summed E-state index contributed by atoms with van der Waals surface area (Å²) in [6, 6.07) is 13.4. The van der Waals surface area contributed by atoms with Crippen LogP contribution in [0.25, 0.3) is 11.0 Å². The molecule has 0 unspecified atom stereocenters. The van der Waals surface area contributed by atoms with Crippen LogP contribution in [0.15, 0.2) is 54.2 Å². The van der Waals surface area contributed by atoms with Crippen molar-refractivity contribution in [3.05, 3.63) is 65.6 Å². The van der Waals surface area contributed by atoms with E-state index in [0.717, 1.165) is 41.8 Å². The predicted molar refractivity (Wildman–Crippen MR) is 131 cm³/mol. The number of carbonyl (C=O) groups excluding carboxylic acids is 1. The maximum atomic E-state index is 13.3. The van der Waals surface area contributed by atoms with E-state index in [1.807, 2.05) is 48.2 Å². The molecule has 1 heterocycles. The number of H-pyrrole nitrogens is 1. The van der Waals surface area contributed by atoms with E-state index in [0.29, 0.717) is 30.1 Å². The standard InChI is InChI=1S/C26H29N5O2/c1-3-15-33-21-13-11-18(12-14-21)17-28-19-7-5-8-20(16-19)31(4-2)26(32)25-29-23-10-6-9-22(27)24(23)30-25/h1,6,9-14,16,20,28H,4-5,7-8,15,17,27H2,2H3,(H,29,30)/t20-/m0/s1. The molecule has 2 aromatic carbocycles. The fourth-order valence-corrected chi connectivity index (χ4v) is 4.16. The number of terminal acetylenes is 1. The molecule has 1 atom stereocenters. The lowest BCUT2D eigenvalue weighted by Gasteiger charge is -2.32. The lowest BCUT2D eigenvalue weighted by molar-refractivity contribution is 0.0700. The molecule has 0 saturated heterocycles. The topological polar surface area (TPSA) is 96.3 Å². The lowest BCUT2D eigenvalue weighted by Crippen LogP contribution is -2.41. The summed E-state index contributed by atoms with van der Waals surface area (Å²) >= 11 is 0. The van der Waals surface area contributed by atoms with Gasteiger partial charge in [0.1, 0.15) is 17.9 Å². The number of allylic oxidation sites excluding steroid dienone is 1. The van der Waals surface area contributed by atoms with Crippen LogP contribution in [0.5, 0.6) is 5.75 Å². The maximum absolute atomic E-state index is 13.3. The predicted octanol–water partition coefficient (Wildman–Crippen LogP) is 3.85. The van der Waals surface area contributed by atoms with Gasteiger partial charge in [0.05, 0.1) is 17.2 Å². The molecule has 7 nitrogen and oxygen atoms in total. The zero-order valence-corrected chi connectivity index (χ0v) is 18.8. The van der Waals surface area contributed by atoms with Gasteiger partial charge in [-0.15, -0.1) is 6.42 Å². The van der Waals surface area contributed by atoms with Gasteiger partial charge in [0.2, 0.25) is 0 Å². The Hall–Kier alpha value is -3.92. The Morgan fingerprint density at radius 2 is 2.15 bits per heavy atom. The second-order valence-electron chi connectivity index (χ2n) is 8.06. The summed E-state index contributed by atoms with van der Waals surface area (Å²) in [4.78, 5) is 22.7. The van der Waals surface area contributed by atoms with Crippen molar-refractivity contribution in [1.29, 1.82) is 0 Å². The van der Waals surface area contributed by atoms with Gasteiger partial charge in [-0.2, -0.15) is 0 Å². The van der Waals surface area contributed by atoms with Crippen molar-refractivity contribution in [2.24, 2.45) is 0 Å². The summed E-state index contributed by atoms with van der Waals surface area (Å²) in [6.07, 6.45) is 10.3. The number of anilines is 1. The third-order valence-electron chi connectivity index (χ3n) is 5.85. The van der Waals surface area contributed by atoms with Crippen LogP contribution in [0.1, 0.15) is 42.4 Å². The number of likely N-dealkylation sites (N-methyl/N-ethyl adjacent to an activating group) is 1. The van der Waals surface area contributed by atoms with Crippen molar-refractivity contribution in [3.8, 4) is 18.1 Å². The molecule has 0 saturated carbocycles. The molecule has 0 spiro atoms. The highest BCUT2D eigenvalue weighted by Crippen LogP contribution is 2.24. The summed E-state index contributed by atoms with van der Waals surface area (Å²) in [5.41, 5.74) is 10.3. The Morgan fingerprint density at radius 3 is 2.88 bits per heavy atom. The minimum atomic E-state index is -0.113. The fraction of sp³-hybridized carbons (Fsp3) is 0.308. The number of benzene rings is 2. The van der Waals surface area contributed by atoms with Crippen LogP contribution in [0, 0.1) is 12.3 Å². The van der Waals surface area contributed by atoms with Crippen molar-refractivity contribution in [2.45, 2.75) is 38.8 Å². The Kier molecular flexibility index (Phi) is 6.84. The van der Waals surface area contributed by atoms with E-state index in [1.54, 1.807) is 6.07 Å². The van der Waals surface area contributed by atoms with Crippen LogP contribution in [-0.2, 0) is 6.54 Å². The van der Waals surface area contributed by atoms with E-state index in [2.05, 4.69) is 27.3 Å². The molecule has 3 aromatic rings. The van der Waals surface area contributed by atoms with Gasteiger partial charge in [-0.1, -0.05) is 24.1 Å². The molecule has 0 fully saturated rings. The number of nitrogens with zero attached hydrogens (tertiary/aromatic N) is 2. The summed E-state index contributed by atoms with van der Waals surface area (Å²) in [5, 5.41) is 3.53. The number of ether oxygens (including phenoxy) is 1. The monoisotopic (exact) mass is 443 g/mol. The minimum Gasteiger partial charge on any atom is -0.481 e. The van der Waals surface area contributed by atoms with Crippen LogP contribution >= 0.6 is 0 Å². The van der Waals surface area contributed by atoms with E-state index in [4.69, 9.17) is 16.9 Å². The van der Waals surface area contributed by atoms with Gasteiger partial charge in [0.15, 0.2) is 5.82 Å². The van der Waals surface area contributed by atoms with Crippen LogP contribution in [0.2, 0.25) is 0 Å². The molecule has 1 amide bonds. The Labute approximate surface area is 194 Å². The van der Waals surface area contributed by atoms with Gasteiger partial charge < -0.3 is 25.7 Å². The first-order valence-corrected chi connectivity index (χ1v) is 11.2. The number of amides is 1. The van der Waals surface area contributed by atoms with E-state index in [1.165, 1.54) is 0 Å². The number of para-hydroxylation sites is 1. The zero-order valence-electron chi connectivity index (χ0n) is 18.8. The Bertz CT molecular complexity index is 1190. The average Bonchev–Trinajstić information content (AvgIpc) is 3.29. The quantitative estimate of drug-likeness (QED) is 0.363. The highest BCUT2D eigenvalue weighted by molar-refractivity contribution is 5.97. The first-order chi connectivity index (χ1) is 16.1. The lowest BCUT2D eigenvalue weighted by atomic mass is 9.98. The molecular formula is C26H29N5O2. The second-order valence-corrected chi connectivity index (χ2v) is 8.06. The molecule has 33 heavy (non-hydrogen) atoms. The fourth-order valence-electron chi connectivity index (χ4n) is 4.16. The molecule has 4 rings (SSSR count). The second kappa shape index (κ2) is 10.1. The summed E-state index contributed by atoms with van der Waals surface area (Å²) in [7, 11) is 0. The number of nitrogens with two attached hydrogens (primary N) is 1. The molecule has 0 radical (unpaired) electrons.